The van der Waals surface area contributed by atoms with Crippen molar-refractivity contribution in [1.29, 1.82) is 0 Å². The Hall–Kier alpha value is -2.42. The summed E-state index contributed by atoms with van der Waals surface area (Å²) in [4.78, 5) is 36.7. The van der Waals surface area contributed by atoms with Crippen molar-refractivity contribution in [3.63, 3.8) is 0 Å². The maximum Gasteiger partial charge on any atom is 0.316 e. The number of nitrogens with one attached hydrogen (secondary N) is 1. The molecule has 25 heavy (non-hydrogen) atoms. The van der Waals surface area contributed by atoms with Gasteiger partial charge in [0.2, 0.25) is 5.91 Å². The molecule has 2 rings (SSSR count). The molecule has 1 heterocycles. The van der Waals surface area contributed by atoms with Crippen LogP contribution in [-0.2, 0) is 19.1 Å². The molecule has 1 aromatic rings. The largest absolute Gasteiger partial charge is 0.486 e. The first-order chi connectivity index (χ1) is 12.0. The molecule has 9 heteroatoms. The van der Waals surface area contributed by atoms with Crippen LogP contribution >= 0.6 is 11.8 Å². The standard InChI is InChI=1S/C16H20N2O6S/c1-18(2)15(20)8-17-14(19)9-24-16(21)10-25-11-3-4-12-13(7-11)23-6-5-22-12/h3-4,7H,5-6,8-10H2,1-2H3,(H,17,19). The molecule has 1 aromatic carbocycles. The number of rotatable bonds is 7. The van der Waals surface area contributed by atoms with E-state index in [-0.39, 0.29) is 18.2 Å². The fourth-order valence-electron chi connectivity index (χ4n) is 1.83. The highest BCUT2D eigenvalue weighted by molar-refractivity contribution is 8.00. The summed E-state index contributed by atoms with van der Waals surface area (Å²) in [7, 11) is 3.17. The fraction of sp³-hybridized carbons (Fsp3) is 0.438. The minimum absolute atomic E-state index is 0.0591. The molecule has 1 aliphatic rings. The maximum atomic E-state index is 11.7. The van der Waals surface area contributed by atoms with Gasteiger partial charge < -0.3 is 24.4 Å². The number of carbonyl (C=O) groups is 3. The number of hydrogen-bond donors (Lipinski definition) is 1. The molecule has 1 aliphatic heterocycles. The molecule has 0 fully saturated rings. The Morgan fingerprint density at radius 1 is 1.20 bits per heavy atom. The number of benzene rings is 1. The molecule has 0 aliphatic carbocycles. The van der Waals surface area contributed by atoms with Crippen molar-refractivity contribution in [2.45, 2.75) is 4.90 Å². The average Bonchev–Trinajstić information content (AvgIpc) is 2.62. The zero-order valence-electron chi connectivity index (χ0n) is 14.1. The van der Waals surface area contributed by atoms with E-state index < -0.39 is 18.5 Å². The normalized spacial score (nSPS) is 12.2. The van der Waals surface area contributed by atoms with E-state index in [0.717, 1.165) is 4.90 Å². The molecule has 0 saturated heterocycles. The van der Waals surface area contributed by atoms with Crippen LogP contribution in [0.5, 0.6) is 11.5 Å². The monoisotopic (exact) mass is 368 g/mol. The smallest absolute Gasteiger partial charge is 0.316 e. The molecular weight excluding hydrogens is 348 g/mol. The highest BCUT2D eigenvalue weighted by Crippen LogP contribution is 2.34. The summed E-state index contributed by atoms with van der Waals surface area (Å²) >= 11 is 1.27. The zero-order chi connectivity index (χ0) is 18.2. The van der Waals surface area contributed by atoms with E-state index in [1.807, 2.05) is 6.07 Å². The fourth-order valence-corrected chi connectivity index (χ4v) is 2.55. The predicted octanol–water partition coefficient (Wildman–Crippen LogP) is 0.298. The van der Waals surface area contributed by atoms with Gasteiger partial charge in [0.1, 0.15) is 13.2 Å². The van der Waals surface area contributed by atoms with E-state index in [1.165, 1.54) is 16.7 Å². The topological polar surface area (TPSA) is 94.2 Å². The molecule has 0 bridgehead atoms. The van der Waals surface area contributed by atoms with Crippen molar-refractivity contribution in [2.75, 3.05) is 46.2 Å². The summed E-state index contributed by atoms with van der Waals surface area (Å²) in [5.74, 6) is 0.108. The molecule has 0 atom stereocenters. The molecule has 136 valence electrons. The van der Waals surface area contributed by atoms with Crippen LogP contribution in [0.15, 0.2) is 23.1 Å². The van der Waals surface area contributed by atoms with Crippen LogP contribution < -0.4 is 14.8 Å². The third-order valence-corrected chi connectivity index (χ3v) is 4.14. The first-order valence-electron chi connectivity index (χ1n) is 7.60. The Labute approximate surface area is 149 Å². The predicted molar refractivity (Wildman–Crippen MR) is 90.8 cm³/mol. The van der Waals surface area contributed by atoms with Crippen LogP contribution in [0.3, 0.4) is 0 Å². The number of hydrogen-bond acceptors (Lipinski definition) is 7. The summed E-state index contributed by atoms with van der Waals surface area (Å²) in [5, 5.41) is 2.38. The second-order valence-electron chi connectivity index (χ2n) is 5.32. The number of amides is 2. The zero-order valence-corrected chi connectivity index (χ0v) is 14.9. The lowest BCUT2D eigenvalue weighted by Gasteiger charge is -2.18. The highest BCUT2D eigenvalue weighted by atomic mass is 32.2. The van der Waals surface area contributed by atoms with E-state index >= 15 is 0 Å². The number of thioether (sulfide) groups is 1. The van der Waals surface area contributed by atoms with Crippen LogP contribution in [0.1, 0.15) is 0 Å². The number of fused-ring (bicyclic) bond motifs is 1. The second-order valence-corrected chi connectivity index (χ2v) is 6.37. The van der Waals surface area contributed by atoms with Gasteiger partial charge in [-0.1, -0.05) is 0 Å². The molecule has 0 unspecified atom stereocenters. The average molecular weight is 368 g/mol. The summed E-state index contributed by atoms with van der Waals surface area (Å²) < 4.78 is 15.8. The van der Waals surface area contributed by atoms with Gasteiger partial charge in [-0.3, -0.25) is 14.4 Å². The van der Waals surface area contributed by atoms with E-state index in [2.05, 4.69) is 5.32 Å². The summed E-state index contributed by atoms with van der Waals surface area (Å²) in [5.41, 5.74) is 0. The molecule has 2 amide bonds. The van der Waals surface area contributed by atoms with Crippen LogP contribution in [0, 0.1) is 0 Å². The van der Waals surface area contributed by atoms with Crippen LogP contribution in [0.2, 0.25) is 0 Å². The van der Waals surface area contributed by atoms with Gasteiger partial charge in [-0.25, -0.2) is 0 Å². The molecule has 0 saturated carbocycles. The molecule has 1 N–H and O–H groups in total. The van der Waals surface area contributed by atoms with Gasteiger partial charge in [-0.15, -0.1) is 11.8 Å². The van der Waals surface area contributed by atoms with Crippen LogP contribution in [0.4, 0.5) is 0 Å². The number of carbonyl (C=O) groups excluding carboxylic acids is 3. The Kier molecular flexibility index (Phi) is 6.93. The number of esters is 1. The van der Waals surface area contributed by atoms with Gasteiger partial charge in [0.15, 0.2) is 18.1 Å². The van der Waals surface area contributed by atoms with Crippen molar-refractivity contribution in [3.8, 4) is 11.5 Å². The number of nitrogens with zero attached hydrogens (tertiary/aromatic N) is 1. The third-order valence-electron chi connectivity index (χ3n) is 3.17. The number of likely N-dealkylation sites (N-methyl/N-ethyl adjacent to an activating group) is 1. The van der Waals surface area contributed by atoms with Crippen molar-refractivity contribution >= 4 is 29.5 Å². The Morgan fingerprint density at radius 3 is 2.64 bits per heavy atom. The quantitative estimate of drug-likeness (QED) is 0.546. The van der Waals surface area contributed by atoms with Crippen molar-refractivity contribution in [1.82, 2.24) is 10.2 Å². The van der Waals surface area contributed by atoms with Crippen molar-refractivity contribution in [2.24, 2.45) is 0 Å². The van der Waals surface area contributed by atoms with Gasteiger partial charge in [0, 0.05) is 19.0 Å². The lowest BCUT2D eigenvalue weighted by molar-refractivity contribution is -0.146. The minimum atomic E-state index is -0.520. The molecule has 0 radical (unpaired) electrons. The molecular formula is C16H20N2O6S. The first kappa shape index (κ1) is 18.9. The van der Waals surface area contributed by atoms with Gasteiger partial charge >= 0.3 is 5.97 Å². The second kappa shape index (κ2) is 9.16. The van der Waals surface area contributed by atoms with Crippen LogP contribution in [-0.4, -0.2) is 68.9 Å². The SMILES string of the molecule is CN(C)C(=O)CNC(=O)COC(=O)CSc1ccc2c(c1)OCCO2. The summed E-state index contributed by atoms with van der Waals surface area (Å²) in [6.07, 6.45) is 0. The Balaban J connectivity index is 1.68. The third kappa shape index (κ3) is 6.18. The lowest BCUT2D eigenvalue weighted by atomic mass is 10.3. The Bertz CT molecular complexity index is 650. The maximum absolute atomic E-state index is 11.7. The van der Waals surface area contributed by atoms with Crippen LogP contribution in [0.25, 0.3) is 0 Å². The lowest BCUT2D eigenvalue weighted by Crippen LogP contribution is -2.38. The van der Waals surface area contributed by atoms with Crippen molar-refractivity contribution in [3.05, 3.63) is 18.2 Å². The van der Waals surface area contributed by atoms with E-state index in [4.69, 9.17) is 14.2 Å². The van der Waals surface area contributed by atoms with Gasteiger partial charge in [0.25, 0.3) is 5.91 Å². The Morgan fingerprint density at radius 2 is 1.92 bits per heavy atom. The highest BCUT2D eigenvalue weighted by Gasteiger charge is 2.14. The van der Waals surface area contributed by atoms with Gasteiger partial charge in [0.05, 0.1) is 12.3 Å². The van der Waals surface area contributed by atoms with Crippen molar-refractivity contribution < 1.29 is 28.6 Å². The first-order valence-corrected chi connectivity index (χ1v) is 8.59. The van der Waals surface area contributed by atoms with E-state index in [9.17, 15) is 14.4 Å². The van der Waals surface area contributed by atoms with Gasteiger partial charge in [-0.2, -0.15) is 0 Å². The number of ether oxygens (including phenoxy) is 3. The minimum Gasteiger partial charge on any atom is -0.486 e. The molecule has 0 aromatic heterocycles. The van der Waals surface area contributed by atoms with E-state index in [0.29, 0.717) is 24.7 Å². The summed E-state index contributed by atoms with van der Waals surface area (Å²) in [6.45, 7) is 0.471. The summed E-state index contributed by atoms with van der Waals surface area (Å²) in [6, 6.07) is 5.41. The van der Waals surface area contributed by atoms with Gasteiger partial charge in [-0.05, 0) is 18.2 Å². The molecule has 8 nitrogen and oxygen atoms in total. The van der Waals surface area contributed by atoms with E-state index in [1.54, 1.807) is 26.2 Å². The molecule has 0 spiro atoms.